The second-order valence-electron chi connectivity index (χ2n) is 6.21. The van der Waals surface area contributed by atoms with Gasteiger partial charge in [0, 0.05) is 25.0 Å². The first-order chi connectivity index (χ1) is 9.83. The predicted molar refractivity (Wildman–Crippen MR) is 79.6 cm³/mol. The minimum absolute atomic E-state index is 0.681. The van der Waals surface area contributed by atoms with Crippen molar-refractivity contribution in [3.63, 3.8) is 0 Å². The summed E-state index contributed by atoms with van der Waals surface area (Å²) in [6.07, 6.45) is 8.90. The molecule has 2 aromatic rings. The monoisotopic (exact) mass is 268 g/mol. The number of pyridine rings is 1. The van der Waals surface area contributed by atoms with E-state index in [9.17, 15) is 0 Å². The molecule has 2 aliphatic rings. The van der Waals surface area contributed by atoms with E-state index in [0.29, 0.717) is 6.04 Å². The van der Waals surface area contributed by atoms with E-state index in [-0.39, 0.29) is 0 Å². The van der Waals surface area contributed by atoms with Crippen molar-refractivity contribution in [1.82, 2.24) is 15.0 Å². The van der Waals surface area contributed by atoms with Crippen molar-refractivity contribution < 1.29 is 0 Å². The molecule has 4 rings (SSSR count). The summed E-state index contributed by atoms with van der Waals surface area (Å²) in [5.41, 5.74) is 1.64. The van der Waals surface area contributed by atoms with E-state index in [2.05, 4.69) is 27.9 Å². The molecule has 1 saturated carbocycles. The average Bonchev–Trinajstić information content (AvgIpc) is 2.85. The van der Waals surface area contributed by atoms with Gasteiger partial charge < -0.3 is 4.90 Å². The summed E-state index contributed by atoms with van der Waals surface area (Å²) >= 11 is 0. The van der Waals surface area contributed by atoms with Crippen LogP contribution in [-0.2, 0) is 0 Å². The number of rotatable bonds is 1. The maximum Gasteiger partial charge on any atom is 0.180 e. The summed E-state index contributed by atoms with van der Waals surface area (Å²) in [5, 5.41) is 0. The number of nitrogens with zero attached hydrogens (tertiary/aromatic N) is 4. The van der Waals surface area contributed by atoms with Gasteiger partial charge in [0.05, 0.1) is 0 Å². The lowest BCUT2D eigenvalue weighted by molar-refractivity contribution is 0.293. The van der Waals surface area contributed by atoms with Gasteiger partial charge in [0.2, 0.25) is 0 Å². The number of anilines is 1. The Bertz CT molecular complexity index is 627. The van der Waals surface area contributed by atoms with Crippen molar-refractivity contribution >= 4 is 17.0 Å². The molecule has 0 radical (unpaired) electrons. The zero-order valence-corrected chi connectivity index (χ0v) is 11.9. The van der Waals surface area contributed by atoms with Crippen LogP contribution < -0.4 is 4.90 Å². The molecule has 1 aliphatic carbocycles. The molecule has 4 heteroatoms. The molecule has 0 N–H and O–H groups in total. The fourth-order valence-corrected chi connectivity index (χ4v) is 4.04. The highest BCUT2D eigenvalue weighted by Gasteiger charge is 2.40. The van der Waals surface area contributed by atoms with E-state index in [1.54, 1.807) is 12.4 Å². The third-order valence-corrected chi connectivity index (χ3v) is 5.01. The normalized spacial score (nSPS) is 29.6. The van der Waals surface area contributed by atoms with Crippen LogP contribution in [0.2, 0.25) is 0 Å². The van der Waals surface area contributed by atoms with Crippen molar-refractivity contribution in [1.29, 1.82) is 0 Å². The highest BCUT2D eigenvalue weighted by atomic mass is 15.2. The maximum atomic E-state index is 4.74. The molecule has 0 aromatic carbocycles. The first-order valence-corrected chi connectivity index (χ1v) is 7.67. The van der Waals surface area contributed by atoms with Crippen LogP contribution in [0, 0.1) is 11.8 Å². The van der Waals surface area contributed by atoms with Crippen molar-refractivity contribution in [2.75, 3.05) is 11.4 Å². The van der Waals surface area contributed by atoms with Crippen molar-refractivity contribution in [2.24, 2.45) is 11.8 Å². The van der Waals surface area contributed by atoms with Gasteiger partial charge in [0.25, 0.3) is 0 Å². The topological polar surface area (TPSA) is 41.9 Å². The summed E-state index contributed by atoms with van der Waals surface area (Å²) in [6.45, 7) is 3.53. The van der Waals surface area contributed by atoms with E-state index >= 15 is 0 Å². The van der Waals surface area contributed by atoms with E-state index < -0.39 is 0 Å². The number of aromatic nitrogens is 3. The summed E-state index contributed by atoms with van der Waals surface area (Å²) in [4.78, 5) is 15.9. The Hall–Kier alpha value is -1.71. The van der Waals surface area contributed by atoms with Crippen molar-refractivity contribution in [2.45, 2.75) is 38.6 Å². The predicted octanol–water partition coefficient (Wildman–Crippen LogP) is 3.04. The number of hydrogen-bond donors (Lipinski definition) is 0. The summed E-state index contributed by atoms with van der Waals surface area (Å²) in [7, 11) is 0. The smallest absolute Gasteiger partial charge is 0.180 e. The average molecular weight is 268 g/mol. The summed E-state index contributed by atoms with van der Waals surface area (Å²) in [6, 6.07) is 4.84. The molecule has 20 heavy (non-hydrogen) atoms. The highest BCUT2D eigenvalue weighted by molar-refractivity contribution is 5.71. The van der Waals surface area contributed by atoms with E-state index in [1.165, 1.54) is 25.7 Å². The third-order valence-electron chi connectivity index (χ3n) is 5.01. The Morgan fingerprint density at radius 3 is 2.90 bits per heavy atom. The van der Waals surface area contributed by atoms with Gasteiger partial charge in [-0.05, 0) is 36.8 Å². The lowest BCUT2D eigenvalue weighted by Crippen LogP contribution is -2.35. The number of fused-ring (bicyclic) bond motifs is 2. The summed E-state index contributed by atoms with van der Waals surface area (Å²) in [5.74, 6) is 2.71. The van der Waals surface area contributed by atoms with Crippen molar-refractivity contribution in [3.8, 4) is 0 Å². The Morgan fingerprint density at radius 2 is 1.95 bits per heavy atom. The Kier molecular flexibility index (Phi) is 2.83. The van der Waals surface area contributed by atoms with Gasteiger partial charge >= 0.3 is 0 Å². The van der Waals surface area contributed by atoms with E-state index in [0.717, 1.165) is 35.4 Å². The van der Waals surface area contributed by atoms with Crippen LogP contribution in [0.4, 0.5) is 5.82 Å². The van der Waals surface area contributed by atoms with E-state index in [4.69, 9.17) is 4.98 Å². The molecule has 0 amide bonds. The van der Waals surface area contributed by atoms with Gasteiger partial charge in [-0.3, -0.25) is 4.98 Å². The van der Waals surface area contributed by atoms with Crippen LogP contribution >= 0.6 is 0 Å². The molecule has 3 heterocycles. The Balaban J connectivity index is 1.71. The second kappa shape index (κ2) is 4.69. The molecule has 3 atom stereocenters. The van der Waals surface area contributed by atoms with E-state index in [1.807, 2.05) is 6.07 Å². The van der Waals surface area contributed by atoms with Crippen LogP contribution in [-0.4, -0.2) is 27.5 Å². The van der Waals surface area contributed by atoms with Crippen LogP contribution in [0.5, 0.6) is 0 Å². The quantitative estimate of drug-likeness (QED) is 0.797. The number of hydrogen-bond acceptors (Lipinski definition) is 4. The molecule has 0 bridgehead atoms. The Morgan fingerprint density at radius 1 is 1.10 bits per heavy atom. The minimum Gasteiger partial charge on any atom is -0.353 e. The SMILES string of the molecule is CC1CN(c2ccc3nccnc3n2)C2CCCCC12. The lowest BCUT2D eigenvalue weighted by Gasteiger charge is -2.32. The first kappa shape index (κ1) is 12.1. The molecule has 2 fully saturated rings. The van der Waals surface area contributed by atoms with Crippen LogP contribution in [0.1, 0.15) is 32.6 Å². The third kappa shape index (κ3) is 1.86. The molecular weight excluding hydrogens is 248 g/mol. The summed E-state index contributed by atoms with van der Waals surface area (Å²) < 4.78 is 0. The fourth-order valence-electron chi connectivity index (χ4n) is 4.04. The first-order valence-electron chi connectivity index (χ1n) is 7.67. The van der Waals surface area contributed by atoms with Crippen LogP contribution in [0.25, 0.3) is 11.2 Å². The van der Waals surface area contributed by atoms with Gasteiger partial charge in [0.1, 0.15) is 11.3 Å². The molecule has 4 nitrogen and oxygen atoms in total. The van der Waals surface area contributed by atoms with Crippen LogP contribution in [0.3, 0.4) is 0 Å². The molecule has 104 valence electrons. The standard InChI is InChI=1S/C16H20N4/c1-11-10-20(14-5-3-2-4-12(11)14)15-7-6-13-16(19-15)18-9-8-17-13/h6-9,11-12,14H,2-5,10H2,1H3. The molecule has 0 spiro atoms. The largest absolute Gasteiger partial charge is 0.353 e. The van der Waals surface area contributed by atoms with Gasteiger partial charge in [-0.1, -0.05) is 19.8 Å². The molecule has 2 aromatic heterocycles. The molecular formula is C16H20N4. The van der Waals surface area contributed by atoms with Crippen molar-refractivity contribution in [3.05, 3.63) is 24.5 Å². The minimum atomic E-state index is 0.681. The zero-order chi connectivity index (χ0) is 13.5. The maximum absolute atomic E-state index is 4.74. The van der Waals surface area contributed by atoms with Gasteiger partial charge in [0.15, 0.2) is 5.65 Å². The second-order valence-corrected chi connectivity index (χ2v) is 6.21. The Labute approximate surface area is 119 Å². The molecule has 3 unspecified atom stereocenters. The molecule has 1 aliphatic heterocycles. The van der Waals surface area contributed by atoms with Gasteiger partial charge in [-0.25, -0.2) is 9.97 Å². The van der Waals surface area contributed by atoms with Gasteiger partial charge in [-0.15, -0.1) is 0 Å². The highest BCUT2D eigenvalue weighted by Crippen LogP contribution is 2.41. The fraction of sp³-hybridized carbons (Fsp3) is 0.562. The molecule has 1 saturated heterocycles. The zero-order valence-electron chi connectivity index (χ0n) is 11.9. The van der Waals surface area contributed by atoms with Crippen LogP contribution in [0.15, 0.2) is 24.5 Å². The lowest BCUT2D eigenvalue weighted by atomic mass is 9.80. The van der Waals surface area contributed by atoms with Gasteiger partial charge in [-0.2, -0.15) is 0 Å².